The van der Waals surface area contributed by atoms with Gasteiger partial charge in [-0.15, -0.1) is 0 Å². The molecule has 2 aromatic heterocycles. The molecule has 0 spiro atoms. The second-order valence-electron chi connectivity index (χ2n) is 7.18. The van der Waals surface area contributed by atoms with Crippen molar-refractivity contribution < 1.29 is 18.8 Å². The lowest BCUT2D eigenvalue weighted by atomic mass is 10.1. The van der Waals surface area contributed by atoms with Gasteiger partial charge in [-0.25, -0.2) is 4.79 Å². The molecular weight excluding hydrogens is 398 g/mol. The van der Waals surface area contributed by atoms with Crippen LogP contribution in [0.2, 0.25) is 0 Å². The third-order valence-electron chi connectivity index (χ3n) is 4.70. The topological polar surface area (TPSA) is 102 Å². The number of esters is 1. The van der Waals surface area contributed by atoms with Crippen molar-refractivity contribution in [2.24, 2.45) is 7.05 Å². The van der Waals surface area contributed by atoms with Crippen LogP contribution in [-0.2, 0) is 23.0 Å². The molecule has 31 heavy (non-hydrogen) atoms. The number of carbonyl (C=O) groups excluding carboxylic acids is 2. The fourth-order valence-electron chi connectivity index (χ4n) is 3.14. The minimum atomic E-state index is -0.513. The Kier molecular flexibility index (Phi) is 7.55. The van der Waals surface area contributed by atoms with Gasteiger partial charge in [0.25, 0.3) is 0 Å². The van der Waals surface area contributed by atoms with Gasteiger partial charge in [-0.05, 0) is 26.9 Å². The maximum absolute atomic E-state index is 12.4. The van der Waals surface area contributed by atoms with Crippen LogP contribution in [0.15, 0.2) is 47.1 Å². The summed E-state index contributed by atoms with van der Waals surface area (Å²) >= 11 is 0. The first-order valence-corrected chi connectivity index (χ1v) is 10.2. The van der Waals surface area contributed by atoms with E-state index in [0.29, 0.717) is 12.4 Å². The van der Waals surface area contributed by atoms with E-state index < -0.39 is 5.97 Å². The quantitative estimate of drug-likeness (QED) is 0.498. The Morgan fingerprint density at radius 3 is 2.77 bits per heavy atom. The molecule has 0 aliphatic heterocycles. The van der Waals surface area contributed by atoms with Gasteiger partial charge in [0, 0.05) is 25.1 Å². The van der Waals surface area contributed by atoms with Gasteiger partial charge in [0.15, 0.2) is 0 Å². The summed E-state index contributed by atoms with van der Waals surface area (Å²) in [6, 6.07) is 11.8. The second kappa shape index (κ2) is 10.5. The van der Waals surface area contributed by atoms with Gasteiger partial charge in [0.2, 0.25) is 5.91 Å². The van der Waals surface area contributed by atoms with E-state index in [1.54, 1.807) is 14.0 Å². The second-order valence-corrected chi connectivity index (χ2v) is 7.18. The number of rotatable bonds is 10. The maximum atomic E-state index is 12.4. The number of hydrogen-bond acceptors (Lipinski definition) is 7. The maximum Gasteiger partial charge on any atom is 0.343 e. The molecule has 0 aliphatic carbocycles. The third-order valence-corrected chi connectivity index (χ3v) is 4.70. The molecule has 0 unspecified atom stereocenters. The highest BCUT2D eigenvalue weighted by atomic mass is 16.5. The molecule has 0 bridgehead atoms. The Labute approximate surface area is 181 Å². The van der Waals surface area contributed by atoms with E-state index in [1.807, 2.05) is 48.3 Å². The summed E-state index contributed by atoms with van der Waals surface area (Å²) in [7, 11) is 3.52. The van der Waals surface area contributed by atoms with Gasteiger partial charge in [-0.3, -0.25) is 14.4 Å². The van der Waals surface area contributed by atoms with Crippen molar-refractivity contribution in [3.8, 4) is 11.3 Å². The first-order chi connectivity index (χ1) is 15.0. The zero-order valence-corrected chi connectivity index (χ0v) is 18.0. The predicted octanol–water partition coefficient (Wildman–Crippen LogP) is 2.75. The lowest BCUT2D eigenvalue weighted by Crippen LogP contribution is -2.32. The number of hydrogen-bond donors (Lipinski definition) is 1. The van der Waals surface area contributed by atoms with Crippen molar-refractivity contribution in [2.75, 3.05) is 32.1 Å². The van der Waals surface area contributed by atoms with Crippen LogP contribution >= 0.6 is 0 Å². The molecule has 2 heterocycles. The number of aryl methyl sites for hydroxylation is 2. The van der Waals surface area contributed by atoms with E-state index in [9.17, 15) is 9.59 Å². The van der Waals surface area contributed by atoms with E-state index in [0.717, 1.165) is 29.9 Å². The highest BCUT2D eigenvalue weighted by Crippen LogP contribution is 2.19. The Morgan fingerprint density at radius 2 is 2.03 bits per heavy atom. The molecule has 0 radical (unpaired) electrons. The predicted molar refractivity (Wildman–Crippen MR) is 116 cm³/mol. The van der Waals surface area contributed by atoms with Crippen LogP contribution in [0.5, 0.6) is 0 Å². The summed E-state index contributed by atoms with van der Waals surface area (Å²) in [6.45, 7) is 2.86. The summed E-state index contributed by atoms with van der Waals surface area (Å²) in [4.78, 5) is 26.3. The average molecular weight is 425 g/mol. The van der Waals surface area contributed by atoms with Crippen molar-refractivity contribution in [1.82, 2.24) is 19.8 Å². The SMILES string of the molecule is CCOC(=O)c1cnn(C)c1NC(=O)CN(C)CCCc1cc(-c2ccccc2)no1. The first kappa shape index (κ1) is 22.2. The molecule has 9 heteroatoms. The average Bonchev–Trinajstić information content (AvgIpc) is 3.36. The molecule has 0 saturated carbocycles. The summed E-state index contributed by atoms with van der Waals surface area (Å²) in [5.74, 6) is 0.390. The van der Waals surface area contributed by atoms with Gasteiger partial charge in [0.05, 0.1) is 19.3 Å². The van der Waals surface area contributed by atoms with Crippen molar-refractivity contribution in [3.63, 3.8) is 0 Å². The van der Waals surface area contributed by atoms with Crippen molar-refractivity contribution >= 4 is 17.7 Å². The molecule has 164 valence electrons. The van der Waals surface area contributed by atoms with Crippen molar-refractivity contribution in [3.05, 3.63) is 53.9 Å². The molecule has 9 nitrogen and oxygen atoms in total. The fourth-order valence-corrected chi connectivity index (χ4v) is 3.14. The van der Waals surface area contributed by atoms with Crippen LogP contribution in [0, 0.1) is 0 Å². The molecule has 0 fully saturated rings. The Hall–Kier alpha value is -3.46. The lowest BCUT2D eigenvalue weighted by Gasteiger charge is -2.16. The smallest absolute Gasteiger partial charge is 0.343 e. The van der Waals surface area contributed by atoms with E-state index in [4.69, 9.17) is 9.26 Å². The number of nitrogens with zero attached hydrogens (tertiary/aromatic N) is 4. The molecule has 1 amide bonds. The van der Waals surface area contributed by atoms with E-state index in [2.05, 4.69) is 15.6 Å². The zero-order chi connectivity index (χ0) is 22.2. The third kappa shape index (κ3) is 6.02. The summed E-state index contributed by atoms with van der Waals surface area (Å²) in [6.07, 6.45) is 2.92. The van der Waals surface area contributed by atoms with Gasteiger partial charge in [0.1, 0.15) is 22.8 Å². The summed E-state index contributed by atoms with van der Waals surface area (Å²) in [5.41, 5.74) is 2.07. The van der Waals surface area contributed by atoms with Crippen LogP contribution in [0.4, 0.5) is 5.82 Å². The molecule has 3 rings (SSSR count). The number of aromatic nitrogens is 3. The molecular formula is C22H27N5O4. The van der Waals surface area contributed by atoms with Gasteiger partial charge < -0.3 is 14.6 Å². The van der Waals surface area contributed by atoms with Crippen molar-refractivity contribution in [1.29, 1.82) is 0 Å². The molecule has 3 aromatic rings. The zero-order valence-electron chi connectivity index (χ0n) is 18.0. The van der Waals surface area contributed by atoms with Crippen LogP contribution in [-0.4, -0.2) is 58.5 Å². The molecule has 1 N–H and O–H groups in total. The Morgan fingerprint density at radius 1 is 1.26 bits per heavy atom. The number of carbonyl (C=O) groups is 2. The van der Waals surface area contributed by atoms with E-state index in [-0.39, 0.29) is 24.6 Å². The number of amides is 1. The van der Waals surface area contributed by atoms with Crippen LogP contribution in [0.25, 0.3) is 11.3 Å². The number of nitrogens with one attached hydrogen (secondary N) is 1. The lowest BCUT2D eigenvalue weighted by molar-refractivity contribution is -0.117. The number of anilines is 1. The molecule has 1 aromatic carbocycles. The molecule has 0 saturated heterocycles. The van der Waals surface area contributed by atoms with E-state index in [1.165, 1.54) is 10.9 Å². The summed E-state index contributed by atoms with van der Waals surface area (Å²) in [5, 5.41) is 10.9. The standard InChI is InChI=1S/C22H27N5O4/c1-4-30-22(29)18-14-23-27(3)21(18)24-20(28)15-26(2)12-8-11-17-13-19(25-31-17)16-9-6-5-7-10-16/h5-7,9-10,13-14H,4,8,11-12,15H2,1-3H3,(H,24,28). The first-order valence-electron chi connectivity index (χ1n) is 10.2. The normalized spacial score (nSPS) is 11.0. The monoisotopic (exact) mass is 425 g/mol. The van der Waals surface area contributed by atoms with Gasteiger partial charge in [-0.1, -0.05) is 35.5 Å². The Bertz CT molecular complexity index is 1010. The number of ether oxygens (including phenoxy) is 1. The van der Waals surface area contributed by atoms with Crippen LogP contribution in [0.3, 0.4) is 0 Å². The number of likely N-dealkylation sites (N-methyl/N-ethyl adjacent to an activating group) is 1. The minimum Gasteiger partial charge on any atom is -0.462 e. The van der Waals surface area contributed by atoms with E-state index >= 15 is 0 Å². The van der Waals surface area contributed by atoms with Crippen LogP contribution < -0.4 is 5.32 Å². The van der Waals surface area contributed by atoms with Crippen molar-refractivity contribution in [2.45, 2.75) is 19.8 Å². The molecule has 0 aliphatic rings. The highest BCUT2D eigenvalue weighted by molar-refractivity contribution is 6.00. The molecule has 0 atom stereocenters. The fraction of sp³-hybridized carbons (Fsp3) is 0.364. The van der Waals surface area contributed by atoms with Gasteiger partial charge in [-0.2, -0.15) is 5.10 Å². The highest BCUT2D eigenvalue weighted by Gasteiger charge is 2.19. The van der Waals surface area contributed by atoms with Crippen LogP contribution in [0.1, 0.15) is 29.5 Å². The van der Waals surface area contributed by atoms with Gasteiger partial charge >= 0.3 is 5.97 Å². The largest absolute Gasteiger partial charge is 0.462 e. The number of benzene rings is 1. The Balaban J connectivity index is 1.46. The minimum absolute atomic E-state index is 0.180. The summed E-state index contributed by atoms with van der Waals surface area (Å²) < 4.78 is 11.9.